The van der Waals surface area contributed by atoms with E-state index in [9.17, 15) is 4.79 Å². The smallest absolute Gasteiger partial charge is 0.287 e. The third kappa shape index (κ3) is 3.33. The van der Waals surface area contributed by atoms with Gasteiger partial charge in [-0.3, -0.25) is 4.79 Å². The van der Waals surface area contributed by atoms with Gasteiger partial charge in [-0.05, 0) is 25.8 Å². The molecule has 6 heteroatoms. The second-order valence-electron chi connectivity index (χ2n) is 5.21. The maximum absolute atomic E-state index is 12.2. The molecule has 1 N–H and O–H groups in total. The molecule has 0 saturated carbocycles. The Labute approximate surface area is 124 Å². The Hall–Kier alpha value is -1.07. The number of piperidine rings is 1. The van der Waals surface area contributed by atoms with E-state index in [1.54, 1.807) is 6.20 Å². The van der Waals surface area contributed by atoms with E-state index in [1.165, 1.54) is 11.1 Å². The number of aromatic nitrogens is 2. The van der Waals surface area contributed by atoms with E-state index in [0.717, 1.165) is 38.2 Å². The minimum atomic E-state index is -0.184. The highest BCUT2D eigenvalue weighted by Crippen LogP contribution is 2.24. The number of hydrogen-bond donors (Lipinski definition) is 1. The number of likely N-dealkylation sites (N-methyl/N-ethyl adjacent to an activating group) is 1. The van der Waals surface area contributed by atoms with Crippen LogP contribution in [-0.2, 0) is 6.54 Å². The summed E-state index contributed by atoms with van der Waals surface area (Å²) < 4.78 is 1.44. The number of hydrogen-bond acceptors (Lipinski definition) is 4. The SMILES string of the molecule is CCCn1ncc(N2CCCC(NCC)C2)c(Cl)c1=O. The third-order valence-electron chi connectivity index (χ3n) is 3.66. The molecule has 1 aliphatic heterocycles. The van der Waals surface area contributed by atoms with Crippen LogP contribution in [0, 0.1) is 0 Å². The summed E-state index contributed by atoms with van der Waals surface area (Å²) >= 11 is 6.26. The lowest BCUT2D eigenvalue weighted by molar-refractivity contribution is 0.430. The average Bonchev–Trinajstić information content (AvgIpc) is 2.45. The molecule has 112 valence electrons. The van der Waals surface area contributed by atoms with Crippen molar-refractivity contribution in [3.05, 3.63) is 21.6 Å². The largest absolute Gasteiger partial charge is 0.367 e. The van der Waals surface area contributed by atoms with Crippen LogP contribution in [0.4, 0.5) is 5.69 Å². The van der Waals surface area contributed by atoms with Crippen molar-refractivity contribution in [1.29, 1.82) is 0 Å². The first-order valence-corrected chi connectivity index (χ1v) is 7.79. The van der Waals surface area contributed by atoms with Crippen LogP contribution in [0.1, 0.15) is 33.1 Å². The maximum Gasteiger partial charge on any atom is 0.287 e. The van der Waals surface area contributed by atoms with Crippen molar-refractivity contribution in [3.63, 3.8) is 0 Å². The number of nitrogens with one attached hydrogen (secondary N) is 1. The van der Waals surface area contributed by atoms with Crippen molar-refractivity contribution in [2.45, 2.75) is 45.7 Å². The highest BCUT2D eigenvalue weighted by atomic mass is 35.5. The van der Waals surface area contributed by atoms with E-state index in [-0.39, 0.29) is 5.56 Å². The van der Waals surface area contributed by atoms with Crippen molar-refractivity contribution in [1.82, 2.24) is 15.1 Å². The molecule has 0 amide bonds. The summed E-state index contributed by atoms with van der Waals surface area (Å²) in [5.41, 5.74) is 0.586. The molecule has 1 aromatic heterocycles. The molecule has 2 heterocycles. The summed E-state index contributed by atoms with van der Waals surface area (Å²) in [5, 5.41) is 7.99. The Balaban J connectivity index is 2.20. The van der Waals surface area contributed by atoms with Crippen LogP contribution in [0.25, 0.3) is 0 Å². The lowest BCUT2D eigenvalue weighted by Gasteiger charge is -2.34. The van der Waals surface area contributed by atoms with Gasteiger partial charge in [-0.2, -0.15) is 5.10 Å². The summed E-state index contributed by atoms with van der Waals surface area (Å²) in [5.74, 6) is 0. The molecule has 1 fully saturated rings. The summed E-state index contributed by atoms with van der Waals surface area (Å²) in [6.07, 6.45) is 4.87. The molecule has 2 rings (SSSR count). The lowest BCUT2D eigenvalue weighted by atomic mass is 10.1. The fourth-order valence-corrected chi connectivity index (χ4v) is 2.97. The molecular weight excluding hydrogens is 276 g/mol. The topological polar surface area (TPSA) is 50.2 Å². The first-order chi connectivity index (χ1) is 9.67. The number of anilines is 1. The van der Waals surface area contributed by atoms with E-state index in [0.29, 0.717) is 17.6 Å². The standard InChI is InChI=1S/C14H23ClN4O/c1-3-7-19-14(20)13(15)12(9-17-19)18-8-5-6-11(10-18)16-4-2/h9,11,16H,3-8,10H2,1-2H3. The maximum atomic E-state index is 12.2. The molecule has 20 heavy (non-hydrogen) atoms. The second-order valence-corrected chi connectivity index (χ2v) is 5.59. The quantitative estimate of drug-likeness (QED) is 0.902. The van der Waals surface area contributed by atoms with Gasteiger partial charge in [0.05, 0.1) is 11.9 Å². The Morgan fingerprint density at radius 2 is 2.30 bits per heavy atom. The Morgan fingerprint density at radius 1 is 1.50 bits per heavy atom. The monoisotopic (exact) mass is 298 g/mol. The molecule has 0 aromatic carbocycles. The van der Waals surface area contributed by atoms with Gasteiger partial charge in [0.1, 0.15) is 5.02 Å². The summed E-state index contributed by atoms with van der Waals surface area (Å²) in [6, 6.07) is 0.461. The predicted molar refractivity (Wildman–Crippen MR) is 82.7 cm³/mol. The van der Waals surface area contributed by atoms with Gasteiger partial charge in [0.2, 0.25) is 0 Å². The molecule has 1 saturated heterocycles. The van der Waals surface area contributed by atoms with Crippen molar-refractivity contribution < 1.29 is 0 Å². The van der Waals surface area contributed by atoms with E-state index in [4.69, 9.17) is 11.6 Å². The van der Waals surface area contributed by atoms with Crippen LogP contribution >= 0.6 is 11.6 Å². The summed E-state index contributed by atoms with van der Waals surface area (Å²) in [4.78, 5) is 14.3. The molecule has 1 unspecified atom stereocenters. The number of halogens is 1. The zero-order valence-corrected chi connectivity index (χ0v) is 13.0. The van der Waals surface area contributed by atoms with E-state index in [1.807, 2.05) is 6.92 Å². The van der Waals surface area contributed by atoms with Crippen LogP contribution in [0.2, 0.25) is 5.02 Å². The minimum Gasteiger partial charge on any atom is -0.367 e. The first kappa shape index (κ1) is 15.3. The molecule has 1 aliphatic rings. The van der Waals surface area contributed by atoms with Gasteiger partial charge in [0, 0.05) is 25.7 Å². The fourth-order valence-electron chi connectivity index (χ4n) is 2.70. The summed E-state index contributed by atoms with van der Waals surface area (Å²) in [7, 11) is 0. The fraction of sp³-hybridized carbons (Fsp3) is 0.714. The van der Waals surface area contributed by atoms with E-state index >= 15 is 0 Å². The first-order valence-electron chi connectivity index (χ1n) is 7.41. The van der Waals surface area contributed by atoms with Gasteiger partial charge < -0.3 is 10.2 Å². The highest BCUT2D eigenvalue weighted by molar-refractivity contribution is 6.33. The molecule has 0 spiro atoms. The van der Waals surface area contributed by atoms with E-state index < -0.39 is 0 Å². The molecule has 0 aliphatic carbocycles. The Kier molecular flexibility index (Phi) is 5.43. The third-order valence-corrected chi connectivity index (χ3v) is 4.01. The minimum absolute atomic E-state index is 0.184. The van der Waals surface area contributed by atoms with Gasteiger partial charge in [-0.15, -0.1) is 0 Å². The van der Waals surface area contributed by atoms with Crippen LogP contribution in [-0.4, -0.2) is 35.5 Å². The second kappa shape index (κ2) is 7.09. The molecule has 5 nitrogen and oxygen atoms in total. The van der Waals surface area contributed by atoms with Crippen LogP contribution in [0.5, 0.6) is 0 Å². The van der Waals surface area contributed by atoms with Gasteiger partial charge in [0.15, 0.2) is 0 Å². The molecule has 0 bridgehead atoms. The molecule has 1 atom stereocenters. The Bertz CT molecular complexity index is 500. The zero-order chi connectivity index (χ0) is 14.5. The Morgan fingerprint density at radius 3 is 3.00 bits per heavy atom. The normalized spacial score (nSPS) is 19.4. The predicted octanol–water partition coefficient (Wildman–Crippen LogP) is 1.89. The van der Waals surface area contributed by atoms with Gasteiger partial charge >= 0.3 is 0 Å². The van der Waals surface area contributed by atoms with Crippen molar-refractivity contribution in [3.8, 4) is 0 Å². The average molecular weight is 299 g/mol. The van der Waals surface area contributed by atoms with Crippen LogP contribution in [0.15, 0.2) is 11.0 Å². The van der Waals surface area contributed by atoms with Crippen molar-refractivity contribution in [2.24, 2.45) is 0 Å². The summed E-state index contributed by atoms with van der Waals surface area (Å²) in [6.45, 7) is 7.51. The lowest BCUT2D eigenvalue weighted by Crippen LogP contribution is -2.46. The van der Waals surface area contributed by atoms with Crippen molar-refractivity contribution in [2.75, 3.05) is 24.5 Å². The van der Waals surface area contributed by atoms with Gasteiger partial charge in [-0.1, -0.05) is 25.4 Å². The zero-order valence-electron chi connectivity index (χ0n) is 12.2. The number of nitrogens with zero attached hydrogens (tertiary/aromatic N) is 3. The van der Waals surface area contributed by atoms with Gasteiger partial charge in [0.25, 0.3) is 5.56 Å². The molecule has 1 aromatic rings. The van der Waals surface area contributed by atoms with Gasteiger partial charge in [-0.25, -0.2) is 4.68 Å². The molecule has 0 radical (unpaired) electrons. The van der Waals surface area contributed by atoms with E-state index in [2.05, 4.69) is 22.2 Å². The highest BCUT2D eigenvalue weighted by Gasteiger charge is 2.22. The number of rotatable bonds is 5. The van der Waals surface area contributed by atoms with Crippen LogP contribution in [0.3, 0.4) is 0 Å². The molecular formula is C14H23ClN4O. The van der Waals surface area contributed by atoms with Crippen LogP contribution < -0.4 is 15.8 Å². The van der Waals surface area contributed by atoms with Crippen molar-refractivity contribution >= 4 is 17.3 Å². The number of aryl methyl sites for hydroxylation is 1.